The van der Waals surface area contributed by atoms with Crippen molar-refractivity contribution in [2.24, 2.45) is 5.92 Å². The molecule has 6 rings (SSSR count). The SMILES string of the molecule is C[C](C)CN1CCOC(CNC(=O)c2c[nH]c3c(-c4c(OCC5CC5)ccc5c4OCO5)ncnc23)C1. The van der Waals surface area contributed by atoms with Crippen LogP contribution in [-0.2, 0) is 4.74 Å². The third-order valence-corrected chi connectivity index (χ3v) is 6.87. The minimum atomic E-state index is -0.210. The summed E-state index contributed by atoms with van der Waals surface area (Å²) in [4.78, 5) is 27.7. The Bertz CT molecular complexity index is 1290. The van der Waals surface area contributed by atoms with Gasteiger partial charge >= 0.3 is 0 Å². The summed E-state index contributed by atoms with van der Waals surface area (Å²) < 4.78 is 23.5. The van der Waals surface area contributed by atoms with Crippen LogP contribution < -0.4 is 19.5 Å². The maximum absolute atomic E-state index is 13.2. The van der Waals surface area contributed by atoms with E-state index in [0.29, 0.717) is 70.8 Å². The maximum Gasteiger partial charge on any atom is 0.255 e. The third kappa shape index (κ3) is 5.08. The van der Waals surface area contributed by atoms with Gasteiger partial charge in [0.2, 0.25) is 6.79 Å². The van der Waals surface area contributed by atoms with Gasteiger partial charge in [-0.2, -0.15) is 0 Å². The quantitative estimate of drug-likeness (QED) is 0.455. The van der Waals surface area contributed by atoms with Crippen molar-refractivity contribution < 1.29 is 23.7 Å². The van der Waals surface area contributed by atoms with E-state index in [9.17, 15) is 4.79 Å². The molecule has 1 unspecified atom stereocenters. The summed E-state index contributed by atoms with van der Waals surface area (Å²) in [5.41, 5.74) is 2.94. The fraction of sp³-hybridized carbons (Fsp3) is 0.481. The van der Waals surface area contributed by atoms with E-state index in [2.05, 4.69) is 39.0 Å². The molecule has 1 aliphatic carbocycles. The molecule has 10 nitrogen and oxygen atoms in total. The second-order valence-electron chi connectivity index (χ2n) is 10.2. The number of amides is 1. The summed E-state index contributed by atoms with van der Waals surface area (Å²) >= 11 is 0. The van der Waals surface area contributed by atoms with Crippen LogP contribution >= 0.6 is 0 Å². The number of nitrogens with zero attached hydrogens (tertiary/aromatic N) is 3. The number of rotatable bonds is 9. The maximum atomic E-state index is 13.2. The highest BCUT2D eigenvalue weighted by Gasteiger charge is 2.29. The molecule has 195 valence electrons. The summed E-state index contributed by atoms with van der Waals surface area (Å²) in [5.74, 6) is 3.65. The first-order chi connectivity index (χ1) is 18.1. The largest absolute Gasteiger partial charge is 0.492 e. The zero-order chi connectivity index (χ0) is 25.4. The molecular weight excluding hydrogens is 474 g/mol. The number of aromatic amines is 1. The Morgan fingerprint density at radius 3 is 2.97 bits per heavy atom. The van der Waals surface area contributed by atoms with Crippen molar-refractivity contribution in [3.8, 4) is 28.5 Å². The average Bonchev–Trinajstić information content (AvgIpc) is 3.41. The van der Waals surface area contributed by atoms with Crippen molar-refractivity contribution in [2.45, 2.75) is 32.8 Å². The molecule has 0 bridgehead atoms. The Morgan fingerprint density at radius 1 is 1.24 bits per heavy atom. The van der Waals surface area contributed by atoms with Gasteiger partial charge in [0.15, 0.2) is 11.5 Å². The normalized spacial score (nSPS) is 19.5. The third-order valence-electron chi connectivity index (χ3n) is 6.87. The number of hydrogen-bond donors (Lipinski definition) is 2. The van der Waals surface area contributed by atoms with E-state index in [0.717, 1.165) is 19.6 Å². The van der Waals surface area contributed by atoms with Crippen LogP contribution in [0.25, 0.3) is 22.3 Å². The van der Waals surface area contributed by atoms with Crippen LogP contribution in [0.5, 0.6) is 17.2 Å². The summed E-state index contributed by atoms with van der Waals surface area (Å²) in [7, 11) is 0. The molecule has 2 aliphatic heterocycles. The van der Waals surface area contributed by atoms with Gasteiger partial charge in [0.1, 0.15) is 23.3 Å². The number of carbonyl (C=O) groups excluding carboxylic acids is 1. The molecule has 3 aromatic rings. The zero-order valence-electron chi connectivity index (χ0n) is 21.2. The lowest BCUT2D eigenvalue weighted by Crippen LogP contribution is -2.48. The number of H-pyrrole nitrogens is 1. The minimum Gasteiger partial charge on any atom is -0.492 e. The second-order valence-corrected chi connectivity index (χ2v) is 10.2. The number of hydrogen-bond acceptors (Lipinski definition) is 8. The lowest BCUT2D eigenvalue weighted by atomic mass is 10.1. The van der Waals surface area contributed by atoms with Crippen LogP contribution in [-0.4, -0.2) is 78.0 Å². The first-order valence-corrected chi connectivity index (χ1v) is 12.9. The highest BCUT2D eigenvalue weighted by molar-refractivity contribution is 6.08. The van der Waals surface area contributed by atoms with Crippen molar-refractivity contribution in [3.05, 3.63) is 36.1 Å². The Labute approximate surface area is 215 Å². The van der Waals surface area contributed by atoms with Gasteiger partial charge in [-0.1, -0.05) is 13.8 Å². The zero-order valence-corrected chi connectivity index (χ0v) is 21.2. The van der Waals surface area contributed by atoms with Crippen molar-refractivity contribution >= 4 is 16.9 Å². The lowest BCUT2D eigenvalue weighted by Gasteiger charge is -2.33. The number of nitrogens with one attached hydrogen (secondary N) is 2. The molecule has 1 saturated carbocycles. The summed E-state index contributed by atoms with van der Waals surface area (Å²) in [6, 6.07) is 3.75. The number of aromatic nitrogens is 3. The molecular formula is C27H32N5O5. The highest BCUT2D eigenvalue weighted by Crippen LogP contribution is 2.48. The van der Waals surface area contributed by atoms with E-state index in [-0.39, 0.29) is 18.8 Å². The fourth-order valence-corrected chi connectivity index (χ4v) is 4.89. The van der Waals surface area contributed by atoms with E-state index in [1.54, 1.807) is 6.20 Å². The van der Waals surface area contributed by atoms with Gasteiger partial charge in [-0.05, 0) is 36.8 Å². The molecule has 1 saturated heterocycles. The Kier molecular flexibility index (Phi) is 6.60. The predicted molar refractivity (Wildman–Crippen MR) is 137 cm³/mol. The van der Waals surface area contributed by atoms with Gasteiger partial charge in [0.25, 0.3) is 5.91 Å². The van der Waals surface area contributed by atoms with Gasteiger partial charge < -0.3 is 29.2 Å². The van der Waals surface area contributed by atoms with E-state index in [4.69, 9.17) is 18.9 Å². The van der Waals surface area contributed by atoms with E-state index < -0.39 is 0 Å². The number of benzene rings is 1. The van der Waals surface area contributed by atoms with Gasteiger partial charge in [-0.3, -0.25) is 9.69 Å². The van der Waals surface area contributed by atoms with Crippen molar-refractivity contribution in [1.29, 1.82) is 0 Å². The van der Waals surface area contributed by atoms with E-state index >= 15 is 0 Å². The van der Waals surface area contributed by atoms with Crippen LogP contribution in [0.1, 0.15) is 37.0 Å². The molecule has 1 atom stereocenters. The molecule has 0 spiro atoms. The molecule has 10 heteroatoms. The smallest absolute Gasteiger partial charge is 0.255 e. The average molecular weight is 507 g/mol. The standard InChI is InChI=1S/C27H32N5O5/c1-16(2)11-32-7-8-34-18(12-32)9-29-27(33)19-10-28-25-23(19)30-14-31-24(25)22-20(35-13-17-3-4-17)5-6-21-26(22)37-15-36-21/h5-6,10,14,17-18,28H,3-4,7-9,11-13,15H2,1-2H3,(H,29,33). The second kappa shape index (κ2) is 10.2. The molecule has 4 heterocycles. The molecule has 2 N–H and O–H groups in total. The van der Waals surface area contributed by atoms with Crippen molar-refractivity contribution in [1.82, 2.24) is 25.2 Å². The Morgan fingerprint density at radius 2 is 2.14 bits per heavy atom. The summed E-state index contributed by atoms with van der Waals surface area (Å²) in [6.45, 7) is 8.77. The first kappa shape index (κ1) is 24.0. The van der Waals surface area contributed by atoms with Gasteiger partial charge in [-0.15, -0.1) is 0 Å². The minimum absolute atomic E-state index is 0.0531. The lowest BCUT2D eigenvalue weighted by molar-refractivity contribution is -0.0247. The van der Waals surface area contributed by atoms with Gasteiger partial charge in [0, 0.05) is 32.4 Å². The molecule has 37 heavy (non-hydrogen) atoms. The topological polar surface area (TPSA) is 111 Å². The number of fused-ring (bicyclic) bond motifs is 2. The van der Waals surface area contributed by atoms with Crippen LogP contribution in [0.3, 0.4) is 0 Å². The highest BCUT2D eigenvalue weighted by atomic mass is 16.7. The van der Waals surface area contributed by atoms with Crippen LogP contribution in [0.2, 0.25) is 0 Å². The first-order valence-electron chi connectivity index (χ1n) is 12.9. The van der Waals surface area contributed by atoms with Crippen molar-refractivity contribution in [3.63, 3.8) is 0 Å². The van der Waals surface area contributed by atoms with Gasteiger partial charge in [-0.25, -0.2) is 9.97 Å². The summed E-state index contributed by atoms with van der Waals surface area (Å²) in [6.07, 6.45) is 5.46. The molecule has 3 aliphatic rings. The van der Waals surface area contributed by atoms with Crippen molar-refractivity contribution in [2.75, 3.05) is 46.2 Å². The van der Waals surface area contributed by atoms with Crippen LogP contribution in [0.15, 0.2) is 24.7 Å². The number of carbonyl (C=O) groups is 1. The molecule has 1 aromatic carbocycles. The number of morpholine rings is 1. The van der Waals surface area contributed by atoms with Crippen LogP contribution in [0.4, 0.5) is 0 Å². The number of ether oxygens (including phenoxy) is 4. The Hall–Kier alpha value is -3.37. The fourth-order valence-electron chi connectivity index (χ4n) is 4.89. The van der Waals surface area contributed by atoms with E-state index in [1.165, 1.54) is 25.1 Å². The van der Waals surface area contributed by atoms with Crippen LogP contribution in [0, 0.1) is 11.8 Å². The Balaban J connectivity index is 1.24. The molecule has 2 aromatic heterocycles. The van der Waals surface area contributed by atoms with E-state index in [1.807, 2.05) is 12.1 Å². The predicted octanol–water partition coefficient (Wildman–Crippen LogP) is 3.19. The molecule has 1 amide bonds. The molecule has 2 fully saturated rings. The monoisotopic (exact) mass is 506 g/mol. The molecule has 1 radical (unpaired) electrons. The van der Waals surface area contributed by atoms with Gasteiger partial charge in [0.05, 0.1) is 36.0 Å². The summed E-state index contributed by atoms with van der Waals surface area (Å²) in [5, 5.41) is 3.03.